The van der Waals surface area contributed by atoms with Crippen molar-refractivity contribution in [3.05, 3.63) is 106 Å². The summed E-state index contributed by atoms with van der Waals surface area (Å²) in [6, 6.07) is 22.7. The van der Waals surface area contributed by atoms with Crippen LogP contribution in [0.5, 0.6) is 5.75 Å². The Balaban J connectivity index is 1.34. The molecule has 0 saturated heterocycles. The molecule has 210 valence electrons. The summed E-state index contributed by atoms with van der Waals surface area (Å²) in [4.78, 5) is 34.6. The molecule has 3 aromatic carbocycles. The van der Waals surface area contributed by atoms with E-state index in [2.05, 4.69) is 36.1 Å². The van der Waals surface area contributed by atoms with Crippen molar-refractivity contribution in [2.24, 2.45) is 5.10 Å². The molecule has 0 saturated carbocycles. The standard InChI is InChI=1S/C28H22N8O6/c1-41-22-12-8-20(9-13-22)31-27-32-26(30-19-6-10-21(11-7-19)36(39)40)33-28(34-27)35-29-16-23-14-15-24(42-23)17-2-4-18(5-3-17)25(37)38/h2-16H,1H3,(H,37,38)(H3,30,31,32,33,34,35)/b29-16+. The van der Waals surface area contributed by atoms with Gasteiger partial charge in [-0.2, -0.15) is 20.1 Å². The highest BCUT2D eigenvalue weighted by Gasteiger charge is 2.10. The van der Waals surface area contributed by atoms with Gasteiger partial charge >= 0.3 is 5.97 Å². The molecular weight excluding hydrogens is 544 g/mol. The van der Waals surface area contributed by atoms with E-state index < -0.39 is 10.9 Å². The predicted molar refractivity (Wildman–Crippen MR) is 155 cm³/mol. The van der Waals surface area contributed by atoms with Crippen molar-refractivity contribution in [2.45, 2.75) is 0 Å². The zero-order valence-corrected chi connectivity index (χ0v) is 21.9. The summed E-state index contributed by atoms with van der Waals surface area (Å²) in [6.45, 7) is 0. The van der Waals surface area contributed by atoms with Crippen LogP contribution in [0.4, 0.5) is 34.9 Å². The monoisotopic (exact) mass is 566 g/mol. The molecule has 0 radical (unpaired) electrons. The molecule has 42 heavy (non-hydrogen) atoms. The summed E-state index contributed by atoms with van der Waals surface area (Å²) in [5.74, 6) is 1.08. The first-order chi connectivity index (χ1) is 20.4. The third kappa shape index (κ3) is 6.81. The molecule has 0 aliphatic heterocycles. The van der Waals surface area contributed by atoms with Crippen LogP contribution in [0.2, 0.25) is 0 Å². The zero-order valence-electron chi connectivity index (χ0n) is 21.9. The number of carbonyl (C=O) groups is 1. The SMILES string of the molecule is COc1ccc(Nc2nc(N/N=C/c3ccc(-c4ccc(C(=O)O)cc4)o3)nc(Nc3ccc([N+](=O)[O-])cc3)n2)cc1. The van der Waals surface area contributed by atoms with Gasteiger partial charge in [0.15, 0.2) is 0 Å². The first-order valence-corrected chi connectivity index (χ1v) is 12.3. The number of carboxylic acid groups (broad SMARTS) is 1. The van der Waals surface area contributed by atoms with Gasteiger partial charge in [0.05, 0.1) is 23.8 Å². The average Bonchev–Trinajstić information content (AvgIpc) is 3.47. The Morgan fingerprint density at radius 2 is 1.48 bits per heavy atom. The number of ether oxygens (including phenoxy) is 1. The molecule has 5 aromatic rings. The first-order valence-electron chi connectivity index (χ1n) is 12.3. The van der Waals surface area contributed by atoms with Crippen LogP contribution < -0.4 is 20.8 Å². The Morgan fingerprint density at radius 3 is 2.05 bits per heavy atom. The molecule has 0 amide bonds. The normalized spacial score (nSPS) is 10.8. The molecule has 0 aliphatic rings. The van der Waals surface area contributed by atoms with Gasteiger partial charge in [0.25, 0.3) is 5.69 Å². The van der Waals surface area contributed by atoms with Gasteiger partial charge in [0.2, 0.25) is 17.8 Å². The van der Waals surface area contributed by atoms with E-state index in [9.17, 15) is 14.9 Å². The summed E-state index contributed by atoms with van der Waals surface area (Å²) in [7, 11) is 1.57. The lowest BCUT2D eigenvalue weighted by atomic mass is 10.1. The number of nitrogens with one attached hydrogen (secondary N) is 3. The van der Waals surface area contributed by atoms with Gasteiger partial charge in [0.1, 0.15) is 17.3 Å². The fourth-order valence-electron chi connectivity index (χ4n) is 3.64. The highest BCUT2D eigenvalue weighted by molar-refractivity contribution is 5.88. The average molecular weight is 567 g/mol. The van der Waals surface area contributed by atoms with Crippen LogP contribution in [0.1, 0.15) is 16.1 Å². The number of aromatic nitrogens is 3. The molecule has 5 rings (SSSR count). The van der Waals surface area contributed by atoms with Crippen molar-refractivity contribution in [1.82, 2.24) is 15.0 Å². The number of hydrogen-bond donors (Lipinski definition) is 4. The Bertz CT molecular complexity index is 1740. The first kappa shape index (κ1) is 27.3. The molecular formula is C28H22N8O6. The second-order valence-electron chi connectivity index (χ2n) is 8.54. The number of aromatic carboxylic acids is 1. The summed E-state index contributed by atoms with van der Waals surface area (Å²) in [5, 5.41) is 30.3. The molecule has 14 heteroatoms. The fraction of sp³-hybridized carbons (Fsp3) is 0.0357. The molecule has 0 spiro atoms. The lowest BCUT2D eigenvalue weighted by Crippen LogP contribution is -2.07. The van der Waals surface area contributed by atoms with Crippen LogP contribution in [0.3, 0.4) is 0 Å². The van der Waals surface area contributed by atoms with Crippen molar-refractivity contribution >= 4 is 47.1 Å². The maximum Gasteiger partial charge on any atom is 0.335 e. The van der Waals surface area contributed by atoms with Crippen molar-refractivity contribution in [1.29, 1.82) is 0 Å². The van der Waals surface area contributed by atoms with Crippen LogP contribution in [0.25, 0.3) is 11.3 Å². The number of benzene rings is 3. The maximum atomic E-state index is 11.1. The number of hydrazone groups is 1. The number of furan rings is 1. The Kier molecular flexibility index (Phi) is 7.95. The predicted octanol–water partition coefficient (Wildman–Crippen LogP) is 5.68. The number of methoxy groups -OCH3 is 1. The molecule has 14 nitrogen and oxygen atoms in total. The molecule has 2 heterocycles. The zero-order chi connectivity index (χ0) is 29.5. The third-order valence-corrected chi connectivity index (χ3v) is 5.72. The summed E-state index contributed by atoms with van der Waals surface area (Å²) in [6.07, 6.45) is 1.43. The van der Waals surface area contributed by atoms with Crippen molar-refractivity contribution in [3.63, 3.8) is 0 Å². The Morgan fingerprint density at radius 1 is 0.881 bits per heavy atom. The second kappa shape index (κ2) is 12.3. The lowest BCUT2D eigenvalue weighted by Gasteiger charge is -2.10. The van der Waals surface area contributed by atoms with Crippen molar-refractivity contribution in [3.8, 4) is 17.1 Å². The molecule has 0 atom stereocenters. The van der Waals surface area contributed by atoms with E-state index in [1.807, 2.05) is 0 Å². The smallest absolute Gasteiger partial charge is 0.335 e. The Hall–Kier alpha value is -6.31. The van der Waals surface area contributed by atoms with E-state index in [0.29, 0.717) is 34.2 Å². The summed E-state index contributed by atoms with van der Waals surface area (Å²) >= 11 is 0. The maximum absolute atomic E-state index is 11.1. The summed E-state index contributed by atoms with van der Waals surface area (Å²) < 4.78 is 11.0. The topological polar surface area (TPSA) is 190 Å². The van der Waals surface area contributed by atoms with E-state index in [1.165, 1.54) is 42.6 Å². The number of nitro benzene ring substituents is 1. The van der Waals surface area contributed by atoms with Gasteiger partial charge in [-0.25, -0.2) is 10.2 Å². The highest BCUT2D eigenvalue weighted by Crippen LogP contribution is 2.24. The van der Waals surface area contributed by atoms with E-state index in [1.54, 1.807) is 55.6 Å². The molecule has 0 aliphatic carbocycles. The second-order valence-corrected chi connectivity index (χ2v) is 8.54. The van der Waals surface area contributed by atoms with E-state index in [-0.39, 0.29) is 29.1 Å². The van der Waals surface area contributed by atoms with Gasteiger partial charge in [0, 0.05) is 29.1 Å². The number of non-ortho nitro benzene ring substituents is 1. The summed E-state index contributed by atoms with van der Waals surface area (Å²) in [5.41, 5.74) is 4.80. The van der Waals surface area contributed by atoms with Crippen LogP contribution >= 0.6 is 0 Å². The van der Waals surface area contributed by atoms with Crippen molar-refractivity contribution < 1.29 is 24.0 Å². The highest BCUT2D eigenvalue weighted by atomic mass is 16.6. The minimum Gasteiger partial charge on any atom is -0.497 e. The minimum atomic E-state index is -1.01. The van der Waals surface area contributed by atoms with E-state index in [0.717, 1.165) is 0 Å². The number of nitro groups is 1. The van der Waals surface area contributed by atoms with Gasteiger partial charge in [-0.15, -0.1) is 0 Å². The lowest BCUT2D eigenvalue weighted by molar-refractivity contribution is -0.384. The van der Waals surface area contributed by atoms with E-state index in [4.69, 9.17) is 14.3 Å². The van der Waals surface area contributed by atoms with Crippen LogP contribution in [0.15, 0.2) is 94.4 Å². The molecule has 0 fully saturated rings. The number of rotatable bonds is 11. The van der Waals surface area contributed by atoms with Gasteiger partial charge in [-0.3, -0.25) is 10.1 Å². The van der Waals surface area contributed by atoms with Crippen molar-refractivity contribution in [2.75, 3.05) is 23.2 Å². The third-order valence-electron chi connectivity index (χ3n) is 5.72. The Labute approximate surface area is 237 Å². The largest absolute Gasteiger partial charge is 0.497 e. The van der Waals surface area contributed by atoms with Crippen LogP contribution in [0, 0.1) is 10.1 Å². The molecule has 0 bridgehead atoms. The van der Waals surface area contributed by atoms with Crippen LogP contribution in [-0.2, 0) is 0 Å². The number of hydrogen-bond acceptors (Lipinski definition) is 12. The molecule has 0 unspecified atom stereocenters. The minimum absolute atomic E-state index is 0.0480. The molecule has 4 N–H and O–H groups in total. The fourth-order valence-corrected chi connectivity index (χ4v) is 3.64. The number of carboxylic acids is 1. The number of anilines is 5. The van der Waals surface area contributed by atoms with Gasteiger partial charge < -0.3 is 24.9 Å². The quantitative estimate of drug-likeness (QED) is 0.0870. The van der Waals surface area contributed by atoms with Gasteiger partial charge in [-0.1, -0.05) is 12.1 Å². The molecule has 2 aromatic heterocycles. The number of nitrogens with zero attached hydrogens (tertiary/aromatic N) is 5. The van der Waals surface area contributed by atoms with Gasteiger partial charge in [-0.05, 0) is 60.7 Å². The van der Waals surface area contributed by atoms with Crippen LogP contribution in [-0.4, -0.2) is 44.3 Å². The van der Waals surface area contributed by atoms with E-state index >= 15 is 0 Å².